The highest BCUT2D eigenvalue weighted by molar-refractivity contribution is 5.86. The molecule has 0 radical (unpaired) electrons. The molecule has 38 heavy (non-hydrogen) atoms. The number of allylic oxidation sites excluding steroid dienone is 1. The molecule has 0 amide bonds. The fourth-order valence-electron chi connectivity index (χ4n) is 7.25. The summed E-state index contributed by atoms with van der Waals surface area (Å²) < 4.78 is 16.9. The highest BCUT2D eigenvalue weighted by atomic mass is 16.6. The summed E-state index contributed by atoms with van der Waals surface area (Å²) in [5.41, 5.74) is 3.06. The molecule has 4 atom stereocenters. The van der Waals surface area contributed by atoms with Crippen molar-refractivity contribution in [3.63, 3.8) is 0 Å². The second-order valence-corrected chi connectivity index (χ2v) is 11.7. The van der Waals surface area contributed by atoms with E-state index in [-0.39, 0.29) is 11.4 Å². The number of ether oxygens (including phenoxy) is 3. The Hall–Kier alpha value is -2.62. The topological polar surface area (TPSA) is 104 Å². The third-order valence-corrected chi connectivity index (χ3v) is 9.45. The molecule has 4 aliphatic rings. The van der Waals surface area contributed by atoms with E-state index in [0.29, 0.717) is 31.0 Å². The lowest BCUT2D eigenvalue weighted by Gasteiger charge is -2.49. The van der Waals surface area contributed by atoms with Crippen LogP contribution in [0.25, 0.3) is 0 Å². The molecule has 2 heterocycles. The third-order valence-electron chi connectivity index (χ3n) is 9.45. The number of nitrogens with zero attached hydrogens (tertiary/aromatic N) is 3. The van der Waals surface area contributed by atoms with E-state index in [4.69, 9.17) is 14.2 Å². The smallest absolute Gasteiger partial charge is 0.314 e. The van der Waals surface area contributed by atoms with E-state index in [1.807, 2.05) is 6.07 Å². The lowest BCUT2D eigenvalue weighted by molar-refractivity contribution is -0.144. The van der Waals surface area contributed by atoms with Gasteiger partial charge in [0.05, 0.1) is 20.4 Å². The number of fused-ring (bicyclic) bond motifs is 3. The summed E-state index contributed by atoms with van der Waals surface area (Å²) in [6, 6.07) is 3.71. The Labute approximate surface area is 225 Å². The molecule has 5 rings (SSSR count). The maximum atomic E-state index is 13.1. The average Bonchev–Trinajstić information content (AvgIpc) is 3.15. The van der Waals surface area contributed by atoms with E-state index < -0.39 is 17.6 Å². The number of hydrogen-bond donors (Lipinski definition) is 2. The molecule has 0 spiro atoms. The Morgan fingerprint density at radius 3 is 2.55 bits per heavy atom. The summed E-state index contributed by atoms with van der Waals surface area (Å²) >= 11 is 0. The summed E-state index contributed by atoms with van der Waals surface area (Å²) in [4.78, 5) is 17.7. The van der Waals surface area contributed by atoms with E-state index in [1.165, 1.54) is 17.4 Å². The fraction of sp³-hybridized carbons (Fsp3) is 0.655. The number of piperazine rings is 1. The first-order valence-corrected chi connectivity index (χ1v) is 13.7. The Bertz CT molecular complexity index is 1130. The van der Waals surface area contributed by atoms with Crippen molar-refractivity contribution in [3.05, 3.63) is 34.4 Å². The number of methoxy groups -OCH3 is 2. The zero-order valence-corrected chi connectivity index (χ0v) is 23.0. The van der Waals surface area contributed by atoms with Crippen LogP contribution in [0.3, 0.4) is 0 Å². The van der Waals surface area contributed by atoms with Gasteiger partial charge in [0.15, 0.2) is 6.10 Å². The summed E-state index contributed by atoms with van der Waals surface area (Å²) in [5.74, 6) is 0.484. The number of esters is 1. The number of hydrogen-bond acceptors (Lipinski definition) is 9. The van der Waals surface area contributed by atoms with Gasteiger partial charge in [0.2, 0.25) is 0 Å². The number of aliphatic hydroxyl groups is 1. The molecule has 2 aliphatic carbocycles. The molecule has 2 saturated heterocycles. The molecular weight excluding hydrogens is 486 g/mol. The number of carbonyl (C=O) groups is 1. The molecule has 1 saturated carbocycles. The van der Waals surface area contributed by atoms with Gasteiger partial charge in [-0.1, -0.05) is 17.7 Å². The minimum Gasteiger partial charge on any atom is -0.497 e. The summed E-state index contributed by atoms with van der Waals surface area (Å²) in [6.07, 6.45) is 5.68. The molecular formula is C29H41N3O6. The van der Waals surface area contributed by atoms with E-state index >= 15 is 0 Å². The van der Waals surface area contributed by atoms with Crippen LogP contribution in [0.1, 0.15) is 57.1 Å². The van der Waals surface area contributed by atoms with Crippen molar-refractivity contribution in [1.82, 2.24) is 9.80 Å². The average molecular weight is 528 g/mol. The zero-order chi connectivity index (χ0) is 27.1. The number of oxime groups is 1. The number of benzene rings is 1. The van der Waals surface area contributed by atoms with Crippen LogP contribution in [-0.2, 0) is 16.1 Å². The minimum atomic E-state index is -1.13. The van der Waals surface area contributed by atoms with Crippen LogP contribution >= 0.6 is 0 Å². The Morgan fingerprint density at radius 2 is 1.87 bits per heavy atom. The third kappa shape index (κ3) is 4.69. The van der Waals surface area contributed by atoms with Crippen LogP contribution in [0.4, 0.5) is 0 Å². The van der Waals surface area contributed by atoms with E-state index in [9.17, 15) is 15.1 Å². The van der Waals surface area contributed by atoms with Gasteiger partial charge in [-0.15, -0.1) is 0 Å². The minimum absolute atomic E-state index is 0.0302. The van der Waals surface area contributed by atoms with Crippen LogP contribution in [0.5, 0.6) is 11.5 Å². The van der Waals surface area contributed by atoms with Gasteiger partial charge < -0.3 is 24.5 Å². The molecule has 3 fully saturated rings. The van der Waals surface area contributed by atoms with Crippen LogP contribution in [0.15, 0.2) is 28.4 Å². The van der Waals surface area contributed by atoms with Gasteiger partial charge in [0.1, 0.15) is 23.0 Å². The quantitative estimate of drug-likeness (QED) is 0.183. The second-order valence-electron chi connectivity index (χ2n) is 11.7. The predicted molar refractivity (Wildman–Crippen MR) is 143 cm³/mol. The molecule has 2 aliphatic heterocycles. The standard InChI is InChI=1S/C29H41N3O6/c1-19-6-5-7-28(2)8-9-29(34)23(27(33)38-26(29)25(19)28)18-32-12-10-31(11-13-32)17-20-14-21(36-3)15-24(37-4)22(20)16-30-35/h14-16,23,26,34-35H,5-13,17-18H2,1-4H3/b30-16+/t23?,26-,28+,29?/m0/s1. The van der Waals surface area contributed by atoms with Crippen molar-refractivity contribution in [2.75, 3.05) is 46.9 Å². The molecule has 1 aromatic carbocycles. The highest BCUT2D eigenvalue weighted by Crippen LogP contribution is 2.57. The zero-order valence-electron chi connectivity index (χ0n) is 23.0. The summed E-state index contributed by atoms with van der Waals surface area (Å²) in [7, 11) is 3.19. The van der Waals surface area contributed by atoms with Crippen molar-refractivity contribution in [2.24, 2.45) is 16.5 Å². The van der Waals surface area contributed by atoms with E-state index in [2.05, 4.69) is 28.8 Å². The molecule has 1 aromatic rings. The maximum Gasteiger partial charge on any atom is 0.314 e. The van der Waals surface area contributed by atoms with Gasteiger partial charge in [-0.3, -0.25) is 14.6 Å². The first-order valence-electron chi connectivity index (χ1n) is 13.7. The van der Waals surface area contributed by atoms with Gasteiger partial charge in [0, 0.05) is 50.9 Å². The molecule has 2 unspecified atom stereocenters. The van der Waals surface area contributed by atoms with Gasteiger partial charge in [-0.05, 0) is 61.6 Å². The molecule has 0 bridgehead atoms. The van der Waals surface area contributed by atoms with Gasteiger partial charge >= 0.3 is 5.97 Å². The summed E-state index contributed by atoms with van der Waals surface area (Å²) in [5, 5.41) is 24.3. The second kappa shape index (κ2) is 10.5. The van der Waals surface area contributed by atoms with Crippen molar-refractivity contribution >= 4 is 12.2 Å². The van der Waals surface area contributed by atoms with Crippen LogP contribution in [0, 0.1) is 11.3 Å². The Balaban J connectivity index is 1.25. The lowest BCUT2D eigenvalue weighted by atomic mass is 9.58. The van der Waals surface area contributed by atoms with Gasteiger partial charge in [0.25, 0.3) is 0 Å². The van der Waals surface area contributed by atoms with Crippen LogP contribution in [0.2, 0.25) is 0 Å². The molecule has 9 heteroatoms. The largest absolute Gasteiger partial charge is 0.497 e. The van der Waals surface area contributed by atoms with E-state index in [1.54, 1.807) is 20.3 Å². The van der Waals surface area contributed by atoms with Crippen molar-refractivity contribution in [2.45, 2.75) is 64.2 Å². The lowest BCUT2D eigenvalue weighted by Crippen LogP contribution is -2.56. The van der Waals surface area contributed by atoms with Gasteiger partial charge in [-0.25, -0.2) is 0 Å². The molecule has 0 aromatic heterocycles. The van der Waals surface area contributed by atoms with Crippen molar-refractivity contribution in [3.8, 4) is 11.5 Å². The molecule has 9 nitrogen and oxygen atoms in total. The molecule has 208 valence electrons. The predicted octanol–water partition coefficient (Wildman–Crippen LogP) is 3.20. The fourth-order valence-corrected chi connectivity index (χ4v) is 7.25. The Morgan fingerprint density at radius 1 is 1.13 bits per heavy atom. The van der Waals surface area contributed by atoms with Gasteiger partial charge in [-0.2, -0.15) is 0 Å². The number of carbonyl (C=O) groups excluding carboxylic acids is 1. The SMILES string of the molecule is COc1cc(CN2CCN(CC3C(=O)O[C@H]4C5=C(C)CCC[C@]5(C)CCC34O)CC2)c(/C=N/O)c(OC)c1. The van der Waals surface area contributed by atoms with E-state index in [0.717, 1.165) is 63.0 Å². The normalized spacial score (nSPS) is 32.3. The summed E-state index contributed by atoms with van der Waals surface area (Å²) in [6.45, 7) is 8.77. The van der Waals surface area contributed by atoms with Crippen molar-refractivity contribution in [1.29, 1.82) is 0 Å². The monoisotopic (exact) mass is 527 g/mol. The number of rotatable bonds is 7. The van der Waals surface area contributed by atoms with Crippen LogP contribution in [-0.4, -0.2) is 90.9 Å². The van der Waals surface area contributed by atoms with Crippen LogP contribution < -0.4 is 9.47 Å². The first kappa shape index (κ1) is 27.0. The highest BCUT2D eigenvalue weighted by Gasteiger charge is 2.63. The van der Waals surface area contributed by atoms with Crippen molar-refractivity contribution < 1.29 is 29.3 Å². The Kier molecular flexibility index (Phi) is 7.46. The first-order chi connectivity index (χ1) is 18.2. The molecule has 2 N–H and O–H groups in total. The maximum absolute atomic E-state index is 13.1.